The molecule has 0 radical (unpaired) electrons. The Balaban J connectivity index is 2.48. The van der Waals surface area contributed by atoms with Crippen molar-refractivity contribution in [1.82, 2.24) is 10.2 Å². The van der Waals surface area contributed by atoms with Crippen LogP contribution in [0.4, 0.5) is 28.4 Å². The van der Waals surface area contributed by atoms with Crippen molar-refractivity contribution in [3.05, 3.63) is 29.8 Å². The number of urea groups is 1. The highest BCUT2D eigenvalue weighted by Crippen LogP contribution is 2.30. The monoisotopic (exact) mass is 361 g/mol. The average molecular weight is 361 g/mol. The first kappa shape index (κ1) is 20.6. The van der Waals surface area contributed by atoms with Crippen LogP contribution in [0.1, 0.15) is 26.3 Å². The maximum Gasteiger partial charge on any atom is 0.416 e. The minimum atomic E-state index is -4.48. The fourth-order valence-electron chi connectivity index (χ4n) is 1.73. The molecule has 0 saturated carbocycles. The maximum atomic E-state index is 12.6. The Morgan fingerprint density at radius 2 is 1.84 bits per heavy atom. The zero-order valence-corrected chi connectivity index (χ0v) is 14.5. The Hall–Kier alpha value is -2.45. The smallest absolute Gasteiger partial charge is 0.416 e. The highest BCUT2D eigenvalue weighted by molar-refractivity contribution is 5.89. The Morgan fingerprint density at radius 1 is 1.20 bits per heavy atom. The van der Waals surface area contributed by atoms with Gasteiger partial charge in [-0.15, -0.1) is 0 Å². The van der Waals surface area contributed by atoms with Gasteiger partial charge in [0.2, 0.25) is 0 Å². The van der Waals surface area contributed by atoms with Crippen molar-refractivity contribution in [2.24, 2.45) is 0 Å². The molecule has 1 rings (SSSR count). The summed E-state index contributed by atoms with van der Waals surface area (Å²) in [6.07, 6.45) is -5.09. The predicted molar refractivity (Wildman–Crippen MR) is 87.3 cm³/mol. The lowest BCUT2D eigenvalue weighted by Crippen LogP contribution is -2.40. The summed E-state index contributed by atoms with van der Waals surface area (Å²) in [5.74, 6) is 0. The molecular formula is C16H22F3N3O3. The number of rotatable bonds is 4. The summed E-state index contributed by atoms with van der Waals surface area (Å²) < 4.78 is 43.0. The van der Waals surface area contributed by atoms with Crippen molar-refractivity contribution in [1.29, 1.82) is 0 Å². The van der Waals surface area contributed by atoms with E-state index in [0.717, 1.165) is 12.1 Å². The SMILES string of the molecule is CN(CCNC(=O)OC(C)(C)C)C(=O)Nc1cccc(C(F)(F)F)c1. The molecule has 1 aromatic carbocycles. The van der Waals surface area contributed by atoms with Gasteiger partial charge in [0.25, 0.3) is 0 Å². The number of anilines is 1. The Labute approximate surface area is 144 Å². The van der Waals surface area contributed by atoms with Gasteiger partial charge in [0.05, 0.1) is 5.56 Å². The second kappa shape index (κ2) is 8.09. The normalized spacial score (nSPS) is 11.6. The molecule has 0 aliphatic heterocycles. The third-order valence-electron chi connectivity index (χ3n) is 2.90. The van der Waals surface area contributed by atoms with Crippen LogP contribution in [-0.2, 0) is 10.9 Å². The standard InChI is InChI=1S/C16H22F3N3O3/c1-15(2,3)25-14(24)20-8-9-22(4)13(23)21-12-7-5-6-11(10-12)16(17,18)19/h5-7,10H,8-9H2,1-4H3,(H,20,24)(H,21,23). The molecule has 0 saturated heterocycles. The fourth-order valence-corrected chi connectivity index (χ4v) is 1.73. The van der Waals surface area contributed by atoms with E-state index in [0.29, 0.717) is 0 Å². The first-order valence-corrected chi connectivity index (χ1v) is 7.55. The second-order valence-corrected chi connectivity index (χ2v) is 6.36. The first-order chi connectivity index (χ1) is 11.4. The molecule has 0 fully saturated rings. The van der Waals surface area contributed by atoms with Crippen molar-refractivity contribution < 1.29 is 27.5 Å². The predicted octanol–water partition coefficient (Wildman–Crippen LogP) is 3.69. The van der Waals surface area contributed by atoms with Crippen LogP contribution >= 0.6 is 0 Å². The number of benzene rings is 1. The van der Waals surface area contributed by atoms with Crippen LogP contribution in [0, 0.1) is 0 Å². The summed E-state index contributed by atoms with van der Waals surface area (Å²) in [5.41, 5.74) is -1.44. The number of carbonyl (C=O) groups excluding carboxylic acids is 2. The molecule has 0 aromatic heterocycles. The van der Waals surface area contributed by atoms with Crippen LogP contribution in [0.3, 0.4) is 0 Å². The van der Waals surface area contributed by atoms with E-state index >= 15 is 0 Å². The lowest BCUT2D eigenvalue weighted by molar-refractivity contribution is -0.137. The number of ether oxygens (including phenoxy) is 1. The molecule has 0 aliphatic carbocycles. The summed E-state index contributed by atoms with van der Waals surface area (Å²) in [5, 5.41) is 4.86. The van der Waals surface area contributed by atoms with E-state index in [1.54, 1.807) is 20.8 Å². The number of hydrogen-bond donors (Lipinski definition) is 2. The van der Waals surface area contributed by atoms with Crippen LogP contribution in [0.25, 0.3) is 0 Å². The van der Waals surface area contributed by atoms with Crippen LogP contribution < -0.4 is 10.6 Å². The van der Waals surface area contributed by atoms with Crippen LogP contribution in [0.15, 0.2) is 24.3 Å². The van der Waals surface area contributed by atoms with Crippen molar-refractivity contribution in [2.45, 2.75) is 32.5 Å². The fraction of sp³-hybridized carbons (Fsp3) is 0.500. The zero-order valence-electron chi connectivity index (χ0n) is 14.5. The van der Waals surface area contributed by atoms with Crippen molar-refractivity contribution in [3.63, 3.8) is 0 Å². The molecule has 0 aliphatic rings. The maximum absolute atomic E-state index is 12.6. The zero-order chi connectivity index (χ0) is 19.3. The van der Waals surface area contributed by atoms with E-state index in [1.807, 2.05) is 0 Å². The number of likely N-dealkylation sites (N-methyl/N-ethyl adjacent to an activating group) is 1. The van der Waals surface area contributed by atoms with E-state index in [2.05, 4.69) is 10.6 Å². The third-order valence-corrected chi connectivity index (χ3v) is 2.90. The quantitative estimate of drug-likeness (QED) is 0.859. The Morgan fingerprint density at radius 3 is 2.40 bits per heavy atom. The van der Waals surface area contributed by atoms with Gasteiger partial charge in [0.1, 0.15) is 5.60 Å². The number of nitrogens with zero attached hydrogens (tertiary/aromatic N) is 1. The summed E-state index contributed by atoms with van der Waals surface area (Å²) in [6, 6.07) is 3.75. The second-order valence-electron chi connectivity index (χ2n) is 6.36. The highest BCUT2D eigenvalue weighted by Gasteiger charge is 2.30. The Kier molecular flexibility index (Phi) is 6.66. The molecule has 0 bridgehead atoms. The molecule has 0 spiro atoms. The summed E-state index contributed by atoms with van der Waals surface area (Å²) >= 11 is 0. The minimum absolute atomic E-state index is 0.0341. The number of hydrogen-bond acceptors (Lipinski definition) is 3. The van der Waals surface area contributed by atoms with E-state index < -0.39 is 29.5 Å². The van der Waals surface area contributed by atoms with Gasteiger partial charge in [0, 0.05) is 25.8 Å². The molecule has 0 atom stereocenters. The molecule has 140 valence electrons. The number of carbonyl (C=O) groups is 2. The lowest BCUT2D eigenvalue weighted by Gasteiger charge is -2.21. The average Bonchev–Trinajstić information content (AvgIpc) is 2.44. The summed E-state index contributed by atoms with van der Waals surface area (Å²) in [6.45, 7) is 5.47. The summed E-state index contributed by atoms with van der Waals surface area (Å²) in [7, 11) is 1.46. The number of halogens is 3. The molecule has 25 heavy (non-hydrogen) atoms. The number of nitrogens with one attached hydrogen (secondary N) is 2. The van der Waals surface area contributed by atoms with Crippen molar-refractivity contribution >= 4 is 17.8 Å². The number of amides is 3. The largest absolute Gasteiger partial charge is 0.444 e. The van der Waals surface area contributed by atoms with Gasteiger partial charge in [-0.2, -0.15) is 13.2 Å². The molecule has 9 heteroatoms. The van der Waals surface area contributed by atoms with Gasteiger partial charge in [-0.1, -0.05) is 6.07 Å². The van der Waals surface area contributed by atoms with Gasteiger partial charge in [-0.25, -0.2) is 9.59 Å². The topological polar surface area (TPSA) is 70.7 Å². The number of alkyl carbamates (subject to hydrolysis) is 1. The van der Waals surface area contributed by atoms with Crippen LogP contribution in [-0.4, -0.2) is 42.8 Å². The molecule has 3 amide bonds. The van der Waals surface area contributed by atoms with Gasteiger partial charge in [-0.05, 0) is 39.0 Å². The molecule has 2 N–H and O–H groups in total. The molecule has 0 unspecified atom stereocenters. The van der Waals surface area contributed by atoms with E-state index in [4.69, 9.17) is 4.74 Å². The molecular weight excluding hydrogens is 339 g/mol. The van der Waals surface area contributed by atoms with Crippen LogP contribution in [0.2, 0.25) is 0 Å². The van der Waals surface area contributed by atoms with Gasteiger partial charge in [0.15, 0.2) is 0 Å². The van der Waals surface area contributed by atoms with E-state index in [9.17, 15) is 22.8 Å². The lowest BCUT2D eigenvalue weighted by atomic mass is 10.2. The minimum Gasteiger partial charge on any atom is -0.444 e. The van der Waals surface area contributed by atoms with Crippen LogP contribution in [0.5, 0.6) is 0 Å². The summed E-state index contributed by atoms with van der Waals surface area (Å²) in [4.78, 5) is 24.7. The van der Waals surface area contributed by atoms with Gasteiger partial charge in [-0.3, -0.25) is 0 Å². The molecule has 6 nitrogen and oxygen atoms in total. The van der Waals surface area contributed by atoms with Gasteiger partial charge >= 0.3 is 18.3 Å². The van der Waals surface area contributed by atoms with Crippen molar-refractivity contribution in [2.75, 3.05) is 25.5 Å². The highest BCUT2D eigenvalue weighted by atomic mass is 19.4. The number of alkyl halides is 3. The molecule has 1 aromatic rings. The van der Waals surface area contributed by atoms with Gasteiger partial charge < -0.3 is 20.3 Å². The van der Waals surface area contributed by atoms with E-state index in [-0.39, 0.29) is 18.8 Å². The van der Waals surface area contributed by atoms with Crippen molar-refractivity contribution in [3.8, 4) is 0 Å². The van der Waals surface area contributed by atoms with E-state index in [1.165, 1.54) is 24.1 Å². The Bertz CT molecular complexity index is 613. The first-order valence-electron chi connectivity index (χ1n) is 7.55. The third kappa shape index (κ3) is 7.77. The molecule has 0 heterocycles.